The summed E-state index contributed by atoms with van der Waals surface area (Å²) in [6, 6.07) is 9.04. The molecule has 0 saturated heterocycles. The number of carbonyl (C=O) groups excluding carboxylic acids is 2. The van der Waals surface area contributed by atoms with Crippen LogP contribution in [0.3, 0.4) is 0 Å². The Morgan fingerprint density at radius 2 is 1.50 bits per heavy atom. The van der Waals surface area contributed by atoms with Gasteiger partial charge in [-0.3, -0.25) is 9.59 Å². The minimum atomic E-state index is -0.701. The largest absolute Gasteiger partial charge is 0.493 e. The normalized spacial score (nSPS) is 13.5. The van der Waals surface area contributed by atoms with Gasteiger partial charge in [0, 0.05) is 10.6 Å². The summed E-state index contributed by atoms with van der Waals surface area (Å²) in [5.74, 6) is 0.795. The van der Waals surface area contributed by atoms with Crippen LogP contribution in [-0.2, 0) is 4.79 Å². The van der Waals surface area contributed by atoms with Crippen molar-refractivity contribution >= 4 is 23.4 Å². The number of benzene rings is 2. The minimum absolute atomic E-state index is 0.0709. The van der Waals surface area contributed by atoms with Crippen LogP contribution in [0, 0.1) is 5.92 Å². The van der Waals surface area contributed by atoms with Crippen LogP contribution < -0.4 is 24.8 Å². The molecule has 0 aliphatic carbocycles. The highest BCUT2D eigenvalue weighted by atomic mass is 35.5. The Morgan fingerprint density at radius 1 is 0.938 bits per heavy atom. The predicted molar refractivity (Wildman–Crippen MR) is 125 cm³/mol. The molecule has 0 aliphatic rings. The molecule has 8 heteroatoms. The Balaban J connectivity index is 2.22. The van der Waals surface area contributed by atoms with E-state index in [1.807, 2.05) is 20.8 Å². The maximum Gasteiger partial charge on any atom is 0.251 e. The molecule has 174 valence electrons. The summed E-state index contributed by atoms with van der Waals surface area (Å²) in [6.07, 6.45) is 0.720. The van der Waals surface area contributed by atoms with E-state index in [9.17, 15) is 9.59 Å². The summed E-state index contributed by atoms with van der Waals surface area (Å²) in [5, 5.41) is 6.39. The van der Waals surface area contributed by atoms with E-state index in [2.05, 4.69) is 10.6 Å². The molecule has 32 heavy (non-hydrogen) atoms. The fourth-order valence-electron chi connectivity index (χ4n) is 3.27. The van der Waals surface area contributed by atoms with Crippen molar-refractivity contribution in [2.24, 2.45) is 5.92 Å². The fraction of sp³-hybridized carbons (Fsp3) is 0.417. The number of hydrogen-bond acceptors (Lipinski definition) is 5. The second-order valence-corrected chi connectivity index (χ2v) is 7.97. The van der Waals surface area contributed by atoms with E-state index in [1.54, 1.807) is 36.4 Å². The van der Waals surface area contributed by atoms with Gasteiger partial charge in [-0.2, -0.15) is 0 Å². The number of amides is 2. The van der Waals surface area contributed by atoms with Gasteiger partial charge in [0.05, 0.1) is 27.4 Å². The number of hydrogen-bond donors (Lipinski definition) is 2. The Hall–Kier alpha value is -2.93. The third-order valence-electron chi connectivity index (χ3n) is 5.43. The lowest BCUT2D eigenvalue weighted by Gasteiger charge is -2.26. The summed E-state index contributed by atoms with van der Waals surface area (Å²) in [7, 11) is 4.61. The van der Waals surface area contributed by atoms with E-state index in [-0.39, 0.29) is 23.8 Å². The van der Waals surface area contributed by atoms with Crippen LogP contribution in [0.4, 0.5) is 0 Å². The van der Waals surface area contributed by atoms with Gasteiger partial charge in [0.15, 0.2) is 11.5 Å². The molecular weight excluding hydrogens is 432 g/mol. The second-order valence-electron chi connectivity index (χ2n) is 7.53. The van der Waals surface area contributed by atoms with Crippen LogP contribution in [-0.4, -0.2) is 39.2 Å². The van der Waals surface area contributed by atoms with Gasteiger partial charge in [-0.1, -0.05) is 31.9 Å². The quantitative estimate of drug-likeness (QED) is 0.547. The third kappa shape index (κ3) is 6.07. The Bertz CT molecular complexity index is 907. The van der Waals surface area contributed by atoms with Crippen molar-refractivity contribution in [1.29, 1.82) is 0 Å². The highest BCUT2D eigenvalue weighted by molar-refractivity contribution is 6.30. The first-order valence-corrected chi connectivity index (χ1v) is 10.8. The Morgan fingerprint density at radius 3 is 1.97 bits per heavy atom. The molecule has 0 aliphatic heterocycles. The highest BCUT2D eigenvalue weighted by Gasteiger charge is 2.28. The zero-order chi connectivity index (χ0) is 23.8. The van der Waals surface area contributed by atoms with E-state index < -0.39 is 6.04 Å². The van der Waals surface area contributed by atoms with Crippen molar-refractivity contribution < 1.29 is 23.8 Å². The van der Waals surface area contributed by atoms with Crippen molar-refractivity contribution in [3.63, 3.8) is 0 Å². The molecule has 0 bridgehead atoms. The van der Waals surface area contributed by atoms with Crippen molar-refractivity contribution in [3.05, 3.63) is 52.5 Å². The third-order valence-corrected chi connectivity index (χ3v) is 5.69. The van der Waals surface area contributed by atoms with Crippen LogP contribution in [0.25, 0.3) is 0 Å². The van der Waals surface area contributed by atoms with Crippen LogP contribution in [0.15, 0.2) is 36.4 Å². The molecule has 0 fully saturated rings. The molecule has 0 spiro atoms. The average molecular weight is 463 g/mol. The number of rotatable bonds is 10. The van der Waals surface area contributed by atoms with E-state index in [0.29, 0.717) is 27.8 Å². The topological polar surface area (TPSA) is 85.9 Å². The first-order chi connectivity index (χ1) is 15.2. The number of nitrogens with one attached hydrogen (secondary N) is 2. The monoisotopic (exact) mass is 462 g/mol. The van der Waals surface area contributed by atoms with Gasteiger partial charge in [-0.05, 0) is 54.8 Å². The summed E-state index contributed by atoms with van der Waals surface area (Å²) in [4.78, 5) is 25.8. The molecule has 2 amide bonds. The van der Waals surface area contributed by atoms with E-state index in [0.717, 1.165) is 12.0 Å². The molecule has 2 N–H and O–H groups in total. The second kappa shape index (κ2) is 11.6. The van der Waals surface area contributed by atoms with Crippen molar-refractivity contribution in [1.82, 2.24) is 10.6 Å². The molecule has 3 unspecified atom stereocenters. The van der Waals surface area contributed by atoms with Gasteiger partial charge < -0.3 is 24.8 Å². The SMILES string of the molecule is CCC(C)C(NC(=O)c1ccc(Cl)cc1)C(=O)NC(C)c1cc(OC)c(OC)c(OC)c1. The first kappa shape index (κ1) is 25.3. The predicted octanol–water partition coefficient (Wildman–Crippen LogP) is 4.39. The van der Waals surface area contributed by atoms with Crippen LogP contribution in [0.1, 0.15) is 49.2 Å². The number of carbonyl (C=O) groups is 2. The summed E-state index contributed by atoms with van der Waals surface area (Å²) in [5.41, 5.74) is 1.22. The van der Waals surface area contributed by atoms with Crippen LogP contribution >= 0.6 is 11.6 Å². The van der Waals surface area contributed by atoms with E-state index in [1.165, 1.54) is 21.3 Å². The highest BCUT2D eigenvalue weighted by Crippen LogP contribution is 2.39. The average Bonchev–Trinajstić information content (AvgIpc) is 2.80. The lowest BCUT2D eigenvalue weighted by atomic mass is 9.97. The zero-order valence-corrected chi connectivity index (χ0v) is 20.1. The fourth-order valence-corrected chi connectivity index (χ4v) is 3.39. The minimum Gasteiger partial charge on any atom is -0.493 e. The molecule has 2 rings (SSSR count). The molecular formula is C24H31ClN2O5. The van der Waals surface area contributed by atoms with Crippen LogP contribution in [0.5, 0.6) is 17.2 Å². The summed E-state index contributed by atoms with van der Waals surface area (Å²) >= 11 is 5.90. The molecule has 0 heterocycles. The number of ether oxygens (including phenoxy) is 3. The van der Waals surface area contributed by atoms with Gasteiger partial charge in [0.2, 0.25) is 11.7 Å². The van der Waals surface area contributed by atoms with Gasteiger partial charge in [0.25, 0.3) is 5.91 Å². The van der Waals surface area contributed by atoms with Crippen LogP contribution in [0.2, 0.25) is 5.02 Å². The molecule has 2 aromatic rings. The molecule has 0 saturated carbocycles. The molecule has 0 radical (unpaired) electrons. The van der Waals surface area contributed by atoms with Crippen molar-refractivity contribution in [3.8, 4) is 17.2 Å². The molecule has 3 atom stereocenters. The standard InChI is InChI=1S/C24H31ClN2O5/c1-7-14(2)21(27-23(28)16-8-10-18(25)11-9-16)24(29)26-15(3)17-12-19(30-4)22(32-6)20(13-17)31-5/h8-15,21H,7H2,1-6H3,(H,26,29)(H,27,28). The number of halogens is 1. The zero-order valence-electron chi connectivity index (χ0n) is 19.3. The number of methoxy groups -OCH3 is 3. The maximum atomic E-state index is 13.1. The summed E-state index contributed by atoms with van der Waals surface area (Å²) < 4.78 is 16.2. The van der Waals surface area contributed by atoms with E-state index >= 15 is 0 Å². The van der Waals surface area contributed by atoms with Gasteiger partial charge >= 0.3 is 0 Å². The molecule has 7 nitrogen and oxygen atoms in total. The summed E-state index contributed by atoms with van der Waals surface area (Å²) in [6.45, 7) is 5.76. The van der Waals surface area contributed by atoms with Crippen molar-refractivity contribution in [2.75, 3.05) is 21.3 Å². The van der Waals surface area contributed by atoms with Gasteiger partial charge in [0.1, 0.15) is 6.04 Å². The lowest BCUT2D eigenvalue weighted by Crippen LogP contribution is -2.50. The van der Waals surface area contributed by atoms with Gasteiger partial charge in [-0.15, -0.1) is 0 Å². The Kier molecular flexibility index (Phi) is 9.20. The Labute approximate surface area is 194 Å². The van der Waals surface area contributed by atoms with Gasteiger partial charge in [-0.25, -0.2) is 0 Å². The molecule has 0 aromatic heterocycles. The van der Waals surface area contributed by atoms with Crippen molar-refractivity contribution in [2.45, 2.75) is 39.3 Å². The maximum absolute atomic E-state index is 13.1. The molecule has 2 aromatic carbocycles. The lowest BCUT2D eigenvalue weighted by molar-refractivity contribution is -0.124. The van der Waals surface area contributed by atoms with E-state index in [4.69, 9.17) is 25.8 Å². The first-order valence-electron chi connectivity index (χ1n) is 10.4. The smallest absolute Gasteiger partial charge is 0.251 e.